The molecule has 1 aromatic carbocycles. The molecule has 1 aliphatic heterocycles. The molecule has 0 aromatic heterocycles. The average molecular weight is 354 g/mol. The van der Waals surface area contributed by atoms with Crippen molar-refractivity contribution in [1.82, 2.24) is 9.62 Å². The van der Waals surface area contributed by atoms with E-state index in [2.05, 4.69) is 5.32 Å². The Labute approximate surface area is 144 Å². The van der Waals surface area contributed by atoms with Crippen molar-refractivity contribution >= 4 is 15.9 Å². The zero-order chi connectivity index (χ0) is 17.6. The van der Waals surface area contributed by atoms with Gasteiger partial charge in [0, 0.05) is 31.8 Å². The van der Waals surface area contributed by atoms with E-state index in [9.17, 15) is 13.2 Å². The van der Waals surface area contributed by atoms with Gasteiger partial charge in [-0.1, -0.05) is 19.1 Å². The monoisotopic (exact) mass is 354 g/mol. The molecule has 24 heavy (non-hydrogen) atoms. The van der Waals surface area contributed by atoms with Gasteiger partial charge in [-0.05, 0) is 37.0 Å². The molecule has 0 spiro atoms. The first kappa shape index (κ1) is 18.9. The van der Waals surface area contributed by atoms with Gasteiger partial charge in [0.15, 0.2) is 0 Å². The predicted molar refractivity (Wildman–Crippen MR) is 93.3 cm³/mol. The minimum absolute atomic E-state index is 0.0178. The summed E-state index contributed by atoms with van der Waals surface area (Å²) in [6, 6.07) is 7.33. The number of amides is 1. The van der Waals surface area contributed by atoms with Crippen LogP contribution in [0, 0.1) is 0 Å². The largest absolute Gasteiger partial charge is 0.380 e. The molecule has 1 saturated heterocycles. The standard InChI is InChI=1S/C17H26N2O4S/c1-3-12-24(21,22)19-10-8-16(9-11-19)18-17(20)15-6-4-14(5-7-15)13-23-2/h4-7,16H,3,8-13H2,1-2H3,(H,18,20). The first-order valence-electron chi connectivity index (χ1n) is 8.33. The average Bonchev–Trinajstić information content (AvgIpc) is 2.56. The van der Waals surface area contributed by atoms with Crippen LogP contribution in [-0.4, -0.2) is 50.6 Å². The van der Waals surface area contributed by atoms with Crippen LogP contribution < -0.4 is 5.32 Å². The third-order valence-electron chi connectivity index (χ3n) is 4.17. The molecular formula is C17H26N2O4S. The topological polar surface area (TPSA) is 75.7 Å². The zero-order valence-corrected chi connectivity index (χ0v) is 15.1. The summed E-state index contributed by atoms with van der Waals surface area (Å²) in [5.74, 6) is 0.0755. The molecule has 1 aromatic rings. The molecule has 0 bridgehead atoms. The maximum atomic E-state index is 12.3. The van der Waals surface area contributed by atoms with Crippen LogP contribution in [-0.2, 0) is 21.4 Å². The molecule has 1 aliphatic rings. The van der Waals surface area contributed by atoms with Gasteiger partial charge in [0.2, 0.25) is 10.0 Å². The van der Waals surface area contributed by atoms with Crippen LogP contribution in [0.2, 0.25) is 0 Å². The Kier molecular flexibility index (Phi) is 6.77. The number of hydrogen-bond acceptors (Lipinski definition) is 4. The van der Waals surface area contributed by atoms with E-state index in [4.69, 9.17) is 4.74 Å². The highest BCUT2D eigenvalue weighted by atomic mass is 32.2. The third kappa shape index (κ3) is 5.03. The number of carbonyl (C=O) groups excluding carboxylic acids is 1. The highest BCUT2D eigenvalue weighted by molar-refractivity contribution is 7.89. The summed E-state index contributed by atoms with van der Waals surface area (Å²) in [6.45, 7) is 3.33. The van der Waals surface area contributed by atoms with Gasteiger partial charge in [-0.2, -0.15) is 0 Å². The normalized spacial score (nSPS) is 16.9. The number of nitrogens with one attached hydrogen (secondary N) is 1. The van der Waals surface area contributed by atoms with Gasteiger partial charge in [-0.15, -0.1) is 0 Å². The lowest BCUT2D eigenvalue weighted by Crippen LogP contribution is -2.47. The predicted octanol–water partition coefficient (Wildman–Crippen LogP) is 1.77. The minimum atomic E-state index is -3.14. The number of rotatable bonds is 7. The van der Waals surface area contributed by atoms with Crippen LogP contribution in [0.15, 0.2) is 24.3 Å². The van der Waals surface area contributed by atoms with Gasteiger partial charge in [0.05, 0.1) is 12.4 Å². The lowest BCUT2D eigenvalue weighted by atomic mass is 10.1. The fourth-order valence-corrected chi connectivity index (χ4v) is 4.39. The maximum Gasteiger partial charge on any atom is 0.251 e. The van der Waals surface area contributed by atoms with E-state index in [1.54, 1.807) is 23.5 Å². The van der Waals surface area contributed by atoms with E-state index in [1.165, 1.54) is 0 Å². The van der Waals surface area contributed by atoms with Crippen LogP contribution in [0.4, 0.5) is 0 Å². The number of carbonyl (C=O) groups is 1. The van der Waals surface area contributed by atoms with Crippen molar-refractivity contribution in [3.63, 3.8) is 0 Å². The number of piperidine rings is 1. The number of sulfonamides is 1. The zero-order valence-electron chi connectivity index (χ0n) is 14.3. The van der Waals surface area contributed by atoms with Crippen molar-refractivity contribution in [3.05, 3.63) is 35.4 Å². The molecule has 0 aliphatic carbocycles. The van der Waals surface area contributed by atoms with Gasteiger partial charge in [-0.25, -0.2) is 12.7 Å². The second-order valence-corrected chi connectivity index (χ2v) is 8.18. The minimum Gasteiger partial charge on any atom is -0.380 e. The van der Waals surface area contributed by atoms with Crippen LogP contribution in [0.25, 0.3) is 0 Å². The van der Waals surface area contributed by atoms with Gasteiger partial charge < -0.3 is 10.1 Å². The van der Waals surface area contributed by atoms with E-state index in [1.807, 2.05) is 19.1 Å². The maximum absolute atomic E-state index is 12.3. The highest BCUT2D eigenvalue weighted by Gasteiger charge is 2.28. The molecule has 6 nitrogen and oxygen atoms in total. The van der Waals surface area contributed by atoms with Crippen molar-refractivity contribution in [2.45, 2.75) is 38.8 Å². The fraction of sp³-hybridized carbons (Fsp3) is 0.588. The van der Waals surface area contributed by atoms with Crippen LogP contribution >= 0.6 is 0 Å². The Hall–Kier alpha value is -1.44. The summed E-state index contributed by atoms with van der Waals surface area (Å²) in [5, 5.41) is 3.00. The van der Waals surface area contributed by atoms with Gasteiger partial charge >= 0.3 is 0 Å². The molecule has 0 radical (unpaired) electrons. The Balaban J connectivity index is 1.86. The number of methoxy groups -OCH3 is 1. The van der Waals surface area contributed by atoms with Crippen molar-refractivity contribution in [1.29, 1.82) is 0 Å². The van der Waals surface area contributed by atoms with Crippen molar-refractivity contribution in [2.24, 2.45) is 0 Å². The third-order valence-corrected chi connectivity index (χ3v) is 6.25. The second-order valence-electron chi connectivity index (χ2n) is 6.09. The lowest BCUT2D eigenvalue weighted by molar-refractivity contribution is 0.0923. The molecule has 0 atom stereocenters. The number of benzene rings is 1. The summed E-state index contributed by atoms with van der Waals surface area (Å²) in [6.07, 6.45) is 1.92. The second kappa shape index (κ2) is 8.60. The Morgan fingerprint density at radius 3 is 2.42 bits per heavy atom. The molecule has 1 fully saturated rings. The first-order valence-corrected chi connectivity index (χ1v) is 9.93. The lowest BCUT2D eigenvalue weighted by Gasteiger charge is -2.31. The van der Waals surface area contributed by atoms with Crippen LogP contribution in [0.5, 0.6) is 0 Å². The number of ether oxygens (including phenoxy) is 1. The molecule has 1 heterocycles. The molecule has 134 valence electrons. The molecular weight excluding hydrogens is 328 g/mol. The first-order chi connectivity index (χ1) is 11.5. The van der Waals surface area contributed by atoms with Gasteiger partial charge in [-0.3, -0.25) is 4.79 Å². The fourth-order valence-electron chi connectivity index (χ4n) is 2.85. The van der Waals surface area contributed by atoms with Crippen LogP contribution in [0.1, 0.15) is 42.1 Å². The number of nitrogens with zero attached hydrogens (tertiary/aromatic N) is 1. The molecule has 1 amide bonds. The highest BCUT2D eigenvalue weighted by Crippen LogP contribution is 2.16. The number of hydrogen-bond donors (Lipinski definition) is 1. The molecule has 0 saturated carbocycles. The van der Waals surface area contributed by atoms with Crippen molar-refractivity contribution < 1.29 is 17.9 Å². The van der Waals surface area contributed by atoms with Gasteiger partial charge in [0.25, 0.3) is 5.91 Å². The van der Waals surface area contributed by atoms with E-state index in [0.717, 1.165) is 5.56 Å². The molecule has 2 rings (SSSR count). The van der Waals surface area contributed by atoms with Gasteiger partial charge in [0.1, 0.15) is 0 Å². The quantitative estimate of drug-likeness (QED) is 0.810. The van der Waals surface area contributed by atoms with Crippen molar-refractivity contribution in [3.8, 4) is 0 Å². The Morgan fingerprint density at radius 1 is 1.25 bits per heavy atom. The van der Waals surface area contributed by atoms with Crippen molar-refractivity contribution in [2.75, 3.05) is 26.0 Å². The van der Waals surface area contributed by atoms with Crippen LogP contribution in [0.3, 0.4) is 0 Å². The van der Waals surface area contributed by atoms with E-state index in [-0.39, 0.29) is 17.7 Å². The summed E-state index contributed by atoms with van der Waals surface area (Å²) < 4.78 is 30.7. The smallest absolute Gasteiger partial charge is 0.251 e. The van der Waals surface area contributed by atoms with E-state index >= 15 is 0 Å². The van der Waals surface area contributed by atoms with E-state index < -0.39 is 10.0 Å². The van der Waals surface area contributed by atoms with E-state index in [0.29, 0.717) is 44.5 Å². The summed E-state index contributed by atoms with van der Waals surface area (Å²) >= 11 is 0. The summed E-state index contributed by atoms with van der Waals surface area (Å²) in [7, 11) is -1.51. The molecule has 0 unspecified atom stereocenters. The summed E-state index contributed by atoms with van der Waals surface area (Å²) in [4.78, 5) is 12.3. The molecule has 1 N–H and O–H groups in total. The molecule has 7 heteroatoms. The Morgan fingerprint density at radius 2 is 1.88 bits per heavy atom. The summed E-state index contributed by atoms with van der Waals surface area (Å²) in [5.41, 5.74) is 1.62. The Bertz CT molecular complexity index is 635. The SMILES string of the molecule is CCCS(=O)(=O)N1CCC(NC(=O)c2ccc(COC)cc2)CC1.